The van der Waals surface area contributed by atoms with Gasteiger partial charge < -0.3 is 5.32 Å². The summed E-state index contributed by atoms with van der Waals surface area (Å²) in [5.74, 6) is 0. The Balaban J connectivity index is 2.80. The van der Waals surface area contributed by atoms with Crippen LogP contribution in [0.5, 0.6) is 0 Å². The number of nitrogens with one attached hydrogen (secondary N) is 1. The molecule has 1 aromatic carbocycles. The summed E-state index contributed by atoms with van der Waals surface area (Å²) in [6.07, 6.45) is 1.12. The molecule has 0 aromatic heterocycles. The van der Waals surface area contributed by atoms with E-state index >= 15 is 0 Å². The van der Waals surface area contributed by atoms with Crippen molar-refractivity contribution in [2.45, 2.75) is 38.6 Å². The lowest BCUT2D eigenvalue weighted by Gasteiger charge is -2.28. The highest BCUT2D eigenvalue weighted by molar-refractivity contribution is 6.30. The second-order valence-corrected chi connectivity index (χ2v) is 5.22. The molecule has 0 saturated heterocycles. The van der Waals surface area contributed by atoms with Gasteiger partial charge in [-0.3, -0.25) is 0 Å². The normalized spacial score (nSPS) is 13.9. The van der Waals surface area contributed by atoms with Gasteiger partial charge in [-0.1, -0.05) is 37.6 Å². The van der Waals surface area contributed by atoms with E-state index in [1.807, 2.05) is 19.2 Å². The van der Waals surface area contributed by atoms with Crippen molar-refractivity contribution in [2.75, 3.05) is 7.05 Å². The Kier molecular flexibility index (Phi) is 4.18. The molecule has 1 unspecified atom stereocenters. The van der Waals surface area contributed by atoms with Crippen molar-refractivity contribution >= 4 is 11.6 Å². The Morgan fingerprint density at radius 3 is 2.27 bits per heavy atom. The molecule has 1 atom stereocenters. The smallest absolute Gasteiger partial charge is 0.0406 e. The summed E-state index contributed by atoms with van der Waals surface area (Å²) < 4.78 is 0. The van der Waals surface area contributed by atoms with E-state index in [4.69, 9.17) is 11.6 Å². The molecule has 1 rings (SSSR count). The predicted molar refractivity (Wildman–Crippen MR) is 67.6 cm³/mol. The quantitative estimate of drug-likeness (QED) is 0.826. The molecule has 0 aliphatic carbocycles. The van der Waals surface area contributed by atoms with E-state index in [0.717, 1.165) is 11.4 Å². The lowest BCUT2D eigenvalue weighted by molar-refractivity contribution is 0.405. The zero-order valence-corrected chi connectivity index (χ0v) is 10.7. The summed E-state index contributed by atoms with van der Waals surface area (Å²) in [4.78, 5) is 0. The molecular weight excluding hydrogens is 206 g/mol. The number of halogens is 1. The SMILES string of the molecule is CNC(C)CC(C)(C)c1ccc(Cl)cc1. The van der Waals surface area contributed by atoms with E-state index in [2.05, 4.69) is 38.2 Å². The Labute approximate surface area is 97.8 Å². The van der Waals surface area contributed by atoms with Gasteiger partial charge in [-0.25, -0.2) is 0 Å². The van der Waals surface area contributed by atoms with E-state index in [1.54, 1.807) is 0 Å². The first kappa shape index (κ1) is 12.5. The van der Waals surface area contributed by atoms with Crippen LogP contribution in [-0.2, 0) is 5.41 Å². The summed E-state index contributed by atoms with van der Waals surface area (Å²) in [6, 6.07) is 8.68. The maximum absolute atomic E-state index is 5.88. The van der Waals surface area contributed by atoms with Crippen LogP contribution in [0.25, 0.3) is 0 Å². The second kappa shape index (κ2) is 5.00. The minimum Gasteiger partial charge on any atom is -0.317 e. The zero-order valence-electron chi connectivity index (χ0n) is 9.97. The zero-order chi connectivity index (χ0) is 11.5. The molecule has 1 aromatic rings. The van der Waals surface area contributed by atoms with E-state index < -0.39 is 0 Å². The number of hydrogen-bond donors (Lipinski definition) is 1. The van der Waals surface area contributed by atoms with Gasteiger partial charge in [-0.15, -0.1) is 0 Å². The van der Waals surface area contributed by atoms with Crippen molar-refractivity contribution in [1.82, 2.24) is 5.32 Å². The molecule has 0 fully saturated rings. The highest BCUT2D eigenvalue weighted by Crippen LogP contribution is 2.29. The van der Waals surface area contributed by atoms with Gasteiger partial charge in [0.15, 0.2) is 0 Å². The van der Waals surface area contributed by atoms with Gasteiger partial charge in [0, 0.05) is 11.1 Å². The molecule has 0 heterocycles. The summed E-state index contributed by atoms with van der Waals surface area (Å²) >= 11 is 5.88. The van der Waals surface area contributed by atoms with Crippen molar-refractivity contribution in [1.29, 1.82) is 0 Å². The van der Waals surface area contributed by atoms with E-state index in [-0.39, 0.29) is 5.41 Å². The van der Waals surface area contributed by atoms with E-state index in [0.29, 0.717) is 6.04 Å². The fourth-order valence-electron chi connectivity index (χ4n) is 1.89. The van der Waals surface area contributed by atoms with Crippen LogP contribution >= 0.6 is 11.6 Å². The molecule has 1 nitrogen and oxygen atoms in total. The van der Waals surface area contributed by atoms with Crippen LogP contribution in [0.15, 0.2) is 24.3 Å². The van der Waals surface area contributed by atoms with Gasteiger partial charge in [-0.05, 0) is 43.5 Å². The topological polar surface area (TPSA) is 12.0 Å². The molecule has 0 aliphatic heterocycles. The molecule has 2 heteroatoms. The maximum Gasteiger partial charge on any atom is 0.0406 e. The van der Waals surface area contributed by atoms with Crippen molar-refractivity contribution in [3.05, 3.63) is 34.9 Å². The summed E-state index contributed by atoms with van der Waals surface area (Å²) in [5.41, 5.74) is 1.53. The first-order chi connectivity index (χ1) is 6.95. The Morgan fingerprint density at radius 1 is 1.27 bits per heavy atom. The number of rotatable bonds is 4. The molecule has 0 radical (unpaired) electrons. The molecule has 1 N–H and O–H groups in total. The van der Waals surface area contributed by atoms with Crippen molar-refractivity contribution in [2.24, 2.45) is 0 Å². The molecule has 15 heavy (non-hydrogen) atoms. The minimum absolute atomic E-state index is 0.188. The van der Waals surface area contributed by atoms with Gasteiger partial charge in [0.25, 0.3) is 0 Å². The summed E-state index contributed by atoms with van der Waals surface area (Å²) in [5, 5.41) is 4.08. The minimum atomic E-state index is 0.188. The Morgan fingerprint density at radius 2 is 1.80 bits per heavy atom. The average Bonchev–Trinajstić information content (AvgIpc) is 2.17. The largest absolute Gasteiger partial charge is 0.317 e. The highest BCUT2D eigenvalue weighted by Gasteiger charge is 2.22. The molecular formula is C13H20ClN. The molecule has 0 bridgehead atoms. The van der Waals surface area contributed by atoms with Crippen LogP contribution in [0.2, 0.25) is 5.02 Å². The third-order valence-electron chi connectivity index (χ3n) is 2.93. The van der Waals surface area contributed by atoms with Gasteiger partial charge in [0.1, 0.15) is 0 Å². The number of benzene rings is 1. The molecule has 0 saturated carbocycles. The predicted octanol–water partition coefficient (Wildman–Crippen LogP) is 3.62. The van der Waals surface area contributed by atoms with Crippen LogP contribution in [0, 0.1) is 0 Å². The van der Waals surface area contributed by atoms with Crippen LogP contribution in [0.4, 0.5) is 0 Å². The van der Waals surface area contributed by atoms with E-state index in [9.17, 15) is 0 Å². The first-order valence-electron chi connectivity index (χ1n) is 5.39. The summed E-state index contributed by atoms with van der Waals surface area (Å²) in [6.45, 7) is 6.74. The van der Waals surface area contributed by atoms with Gasteiger partial charge in [-0.2, -0.15) is 0 Å². The third-order valence-corrected chi connectivity index (χ3v) is 3.19. The van der Waals surface area contributed by atoms with Crippen molar-refractivity contribution in [3.8, 4) is 0 Å². The third kappa shape index (κ3) is 3.51. The molecule has 0 amide bonds. The lowest BCUT2D eigenvalue weighted by atomic mass is 9.79. The fraction of sp³-hybridized carbons (Fsp3) is 0.538. The van der Waals surface area contributed by atoms with Gasteiger partial charge >= 0.3 is 0 Å². The van der Waals surface area contributed by atoms with Crippen LogP contribution in [0.3, 0.4) is 0 Å². The molecule has 0 aliphatic rings. The van der Waals surface area contributed by atoms with E-state index in [1.165, 1.54) is 5.56 Å². The Bertz CT molecular complexity index is 303. The second-order valence-electron chi connectivity index (χ2n) is 4.78. The van der Waals surface area contributed by atoms with Crippen LogP contribution in [-0.4, -0.2) is 13.1 Å². The Hall–Kier alpha value is -0.530. The summed E-state index contributed by atoms with van der Waals surface area (Å²) in [7, 11) is 2.00. The molecule has 0 spiro atoms. The number of hydrogen-bond acceptors (Lipinski definition) is 1. The van der Waals surface area contributed by atoms with Gasteiger partial charge in [0.05, 0.1) is 0 Å². The lowest BCUT2D eigenvalue weighted by Crippen LogP contribution is -2.30. The van der Waals surface area contributed by atoms with Crippen LogP contribution < -0.4 is 5.32 Å². The van der Waals surface area contributed by atoms with Crippen LogP contribution in [0.1, 0.15) is 32.8 Å². The van der Waals surface area contributed by atoms with Crippen molar-refractivity contribution in [3.63, 3.8) is 0 Å². The average molecular weight is 226 g/mol. The monoisotopic (exact) mass is 225 g/mol. The first-order valence-corrected chi connectivity index (χ1v) is 5.77. The van der Waals surface area contributed by atoms with Crippen molar-refractivity contribution < 1.29 is 0 Å². The standard InChI is InChI=1S/C13H20ClN/c1-10(15-4)9-13(2,3)11-5-7-12(14)8-6-11/h5-8,10,15H,9H2,1-4H3. The molecule has 84 valence electrons. The highest BCUT2D eigenvalue weighted by atomic mass is 35.5. The maximum atomic E-state index is 5.88. The fourth-order valence-corrected chi connectivity index (χ4v) is 2.01. The van der Waals surface area contributed by atoms with Gasteiger partial charge in [0.2, 0.25) is 0 Å².